The first-order chi connectivity index (χ1) is 19.9. The number of piperidine rings is 1. The number of halogens is 5. The van der Waals surface area contributed by atoms with Crippen LogP contribution in [0, 0.1) is 0 Å². The lowest BCUT2D eigenvalue weighted by Gasteiger charge is -2.33. The molecule has 1 aromatic carbocycles. The Hall–Kier alpha value is -3.97. The molecule has 4 heterocycles. The monoisotopic (exact) mass is 617 g/mol. The molecule has 5 rings (SSSR count). The van der Waals surface area contributed by atoms with Crippen LogP contribution in [0.15, 0.2) is 65.4 Å². The fourth-order valence-electron chi connectivity index (χ4n) is 4.48. The molecule has 0 radical (unpaired) electrons. The lowest BCUT2D eigenvalue weighted by atomic mass is 10.0. The van der Waals surface area contributed by atoms with Crippen LogP contribution < -0.4 is 11.1 Å². The van der Waals surface area contributed by atoms with Crippen molar-refractivity contribution < 1.29 is 26.4 Å². The third-order valence-corrected chi connectivity index (χ3v) is 7.51. The van der Waals surface area contributed by atoms with Crippen LogP contribution in [0.2, 0.25) is 0 Å². The van der Waals surface area contributed by atoms with E-state index in [0.29, 0.717) is 27.1 Å². The van der Waals surface area contributed by atoms with E-state index in [-0.39, 0.29) is 54.8 Å². The second-order valence-electron chi connectivity index (χ2n) is 9.80. The van der Waals surface area contributed by atoms with Crippen LogP contribution in [0.3, 0.4) is 0 Å². The smallest absolute Gasteiger partial charge is 0.420 e. The van der Waals surface area contributed by atoms with Gasteiger partial charge in [0, 0.05) is 54.8 Å². The molecule has 3 aromatic heterocycles. The number of hydrogen-bond acceptors (Lipinski definition) is 6. The molecule has 6 nitrogen and oxygen atoms in total. The van der Waals surface area contributed by atoms with Gasteiger partial charge in [-0.15, -0.1) is 0 Å². The molecule has 1 fully saturated rings. The van der Waals surface area contributed by atoms with Crippen LogP contribution in [-0.4, -0.2) is 43.9 Å². The molecule has 218 valence electrons. The predicted octanol–water partition coefficient (Wildman–Crippen LogP) is 7.03. The molecular formula is C29H24F5N5OS2. The van der Waals surface area contributed by atoms with Crippen molar-refractivity contribution in [2.24, 2.45) is 0 Å². The first-order valence-electron chi connectivity index (χ1n) is 12.8. The van der Waals surface area contributed by atoms with Gasteiger partial charge in [0.05, 0.1) is 22.8 Å². The average molecular weight is 618 g/mol. The molecule has 0 aliphatic carbocycles. The van der Waals surface area contributed by atoms with Crippen molar-refractivity contribution in [1.29, 1.82) is 0 Å². The van der Waals surface area contributed by atoms with E-state index in [4.69, 9.17) is 34.6 Å². The molecule has 42 heavy (non-hydrogen) atoms. The van der Waals surface area contributed by atoms with Crippen LogP contribution in [0.4, 0.5) is 27.8 Å². The number of likely N-dealkylation sites (tertiary alicyclic amines) is 1. The van der Waals surface area contributed by atoms with Crippen molar-refractivity contribution >= 4 is 57.3 Å². The summed E-state index contributed by atoms with van der Waals surface area (Å²) in [4.78, 5) is 10.7. The van der Waals surface area contributed by atoms with Crippen LogP contribution in [-0.2, 0) is 12.7 Å². The van der Waals surface area contributed by atoms with Crippen LogP contribution in [0.25, 0.3) is 28.3 Å². The molecule has 1 aliphatic rings. The minimum Gasteiger partial charge on any atom is -0.459 e. The van der Waals surface area contributed by atoms with E-state index in [2.05, 4.69) is 15.3 Å². The van der Waals surface area contributed by atoms with Crippen LogP contribution in [0.1, 0.15) is 35.3 Å². The molecule has 0 saturated carbocycles. The summed E-state index contributed by atoms with van der Waals surface area (Å²) in [7, 11) is 0. The Morgan fingerprint density at radius 2 is 1.81 bits per heavy atom. The quantitative estimate of drug-likeness (QED) is 0.136. The highest BCUT2D eigenvalue weighted by atomic mass is 32.1. The average Bonchev–Trinajstić information content (AvgIpc) is 3.37. The molecule has 0 amide bonds. The van der Waals surface area contributed by atoms with E-state index in [9.17, 15) is 22.0 Å². The Labute approximate surface area is 248 Å². The summed E-state index contributed by atoms with van der Waals surface area (Å²) in [6.45, 7) is 0.313. The van der Waals surface area contributed by atoms with E-state index in [1.54, 1.807) is 53.6 Å². The summed E-state index contributed by atoms with van der Waals surface area (Å²) in [5, 5.41) is 3.20. The molecule has 1 aliphatic heterocycles. The Kier molecular flexibility index (Phi) is 8.24. The van der Waals surface area contributed by atoms with Gasteiger partial charge in [-0.2, -0.15) is 13.2 Å². The number of hydrogen-bond donors (Lipinski definition) is 2. The van der Waals surface area contributed by atoms with Gasteiger partial charge in [0.25, 0.3) is 5.92 Å². The largest absolute Gasteiger partial charge is 0.459 e. The summed E-state index contributed by atoms with van der Waals surface area (Å²) < 4.78 is 74.7. The number of alkyl halides is 5. The fourth-order valence-corrected chi connectivity index (χ4v) is 4.93. The number of pyridine rings is 2. The summed E-state index contributed by atoms with van der Waals surface area (Å²) in [6, 6.07) is 10.7. The number of furan rings is 1. The topological polar surface area (TPSA) is 80.2 Å². The van der Waals surface area contributed by atoms with Gasteiger partial charge in [-0.1, -0.05) is 30.5 Å². The number of anilines is 1. The zero-order valence-electron chi connectivity index (χ0n) is 21.9. The van der Waals surface area contributed by atoms with Crippen molar-refractivity contribution in [3.8, 4) is 11.3 Å². The van der Waals surface area contributed by atoms with Crippen molar-refractivity contribution in [1.82, 2.24) is 20.2 Å². The van der Waals surface area contributed by atoms with Gasteiger partial charge in [-0.05, 0) is 54.1 Å². The van der Waals surface area contributed by atoms with Gasteiger partial charge >= 0.3 is 6.18 Å². The predicted molar refractivity (Wildman–Crippen MR) is 159 cm³/mol. The zero-order chi connectivity index (χ0) is 30.1. The third-order valence-electron chi connectivity index (χ3n) is 6.73. The molecule has 1 saturated heterocycles. The van der Waals surface area contributed by atoms with Crippen molar-refractivity contribution in [3.05, 3.63) is 83.4 Å². The Balaban J connectivity index is 1.33. The van der Waals surface area contributed by atoms with E-state index >= 15 is 0 Å². The van der Waals surface area contributed by atoms with E-state index < -0.39 is 17.7 Å². The fraction of sp³-hybridized carbons (Fsp3) is 0.241. The standard InChI is InChI=1S/C29H24F5N5OS2/c30-28(31)7-9-39(10-8-28)27(42)18-3-4-23(36-15-18)19-11-20-12-21(40-26(20)22(13-19)29(32,33)34)16-38-25(41)6-2-17-1-5-24(35)37-14-17/h1-6,11-15H,7-10,16H2,(H2,35,37)(H,38,41)/b6-2+. The maximum absolute atomic E-state index is 14.0. The van der Waals surface area contributed by atoms with E-state index in [0.717, 1.165) is 11.6 Å². The number of benzene rings is 1. The maximum atomic E-state index is 14.0. The minimum atomic E-state index is -4.68. The highest BCUT2D eigenvalue weighted by Gasteiger charge is 2.36. The van der Waals surface area contributed by atoms with Gasteiger partial charge in [-0.25, -0.2) is 13.8 Å². The molecule has 0 spiro atoms. The Morgan fingerprint density at radius 1 is 1.05 bits per heavy atom. The number of nitrogen functional groups attached to an aromatic ring is 1. The normalized spacial score (nSPS) is 15.3. The number of thiocarbonyl (C=S) groups is 2. The lowest BCUT2D eigenvalue weighted by Crippen LogP contribution is -2.42. The SMILES string of the molecule is Nc1ccc(/C=C/C(=S)NCc2cc3cc(-c4ccc(C(=S)N5CCC(F)(F)CC5)cn4)cc(C(F)(F)F)c3o2)cn1. The molecule has 0 bridgehead atoms. The first-order valence-corrected chi connectivity index (χ1v) is 13.6. The molecule has 3 N–H and O–H groups in total. The van der Waals surface area contributed by atoms with E-state index in [1.807, 2.05) is 0 Å². The Morgan fingerprint density at radius 3 is 2.45 bits per heavy atom. The van der Waals surface area contributed by atoms with Crippen LogP contribution >= 0.6 is 24.4 Å². The lowest BCUT2D eigenvalue weighted by molar-refractivity contribution is -0.136. The van der Waals surface area contributed by atoms with Gasteiger partial charge in [0.1, 0.15) is 22.1 Å². The number of rotatable bonds is 6. The summed E-state index contributed by atoms with van der Waals surface area (Å²) in [5.74, 6) is -2.05. The number of nitrogens with one attached hydrogen (secondary N) is 1. The van der Waals surface area contributed by atoms with Gasteiger partial charge in [0.2, 0.25) is 0 Å². The minimum absolute atomic E-state index is 0.0668. The van der Waals surface area contributed by atoms with Gasteiger partial charge in [-0.3, -0.25) is 4.98 Å². The maximum Gasteiger partial charge on any atom is 0.420 e. The summed E-state index contributed by atoms with van der Waals surface area (Å²) in [6.07, 6.45) is 1.13. The second-order valence-corrected chi connectivity index (χ2v) is 10.6. The second kappa shape index (κ2) is 11.7. The number of fused-ring (bicyclic) bond motifs is 1. The van der Waals surface area contributed by atoms with Crippen molar-refractivity contribution in [3.63, 3.8) is 0 Å². The first kappa shape index (κ1) is 29.5. The van der Waals surface area contributed by atoms with Crippen LogP contribution in [0.5, 0.6) is 0 Å². The van der Waals surface area contributed by atoms with Gasteiger partial charge < -0.3 is 20.4 Å². The third kappa shape index (κ3) is 6.90. The number of nitrogens with two attached hydrogens (primary N) is 1. The number of aromatic nitrogens is 2. The van der Waals surface area contributed by atoms with Gasteiger partial charge in [0.15, 0.2) is 0 Å². The summed E-state index contributed by atoms with van der Waals surface area (Å²) in [5.41, 5.74) is 6.18. The van der Waals surface area contributed by atoms with Crippen molar-refractivity contribution in [2.75, 3.05) is 18.8 Å². The summed E-state index contributed by atoms with van der Waals surface area (Å²) >= 11 is 10.7. The Bertz CT molecular complexity index is 1640. The molecular weight excluding hydrogens is 593 g/mol. The molecule has 4 aromatic rings. The highest BCUT2D eigenvalue weighted by Crippen LogP contribution is 2.39. The van der Waals surface area contributed by atoms with E-state index in [1.165, 1.54) is 12.3 Å². The highest BCUT2D eigenvalue weighted by molar-refractivity contribution is 7.80. The zero-order valence-corrected chi connectivity index (χ0v) is 23.6. The molecule has 13 heteroatoms. The van der Waals surface area contributed by atoms with Crippen molar-refractivity contribution in [2.45, 2.75) is 31.5 Å². The number of nitrogens with zero attached hydrogens (tertiary/aromatic N) is 3. The molecule has 0 atom stereocenters. The molecule has 0 unspecified atom stereocenters.